The van der Waals surface area contributed by atoms with Crippen molar-refractivity contribution >= 4 is 37.2 Å². The van der Waals surface area contributed by atoms with Crippen LogP contribution in [0.25, 0.3) is 0 Å². The van der Waals surface area contributed by atoms with Gasteiger partial charge in [0, 0.05) is 37.2 Å². The normalized spacial score (nSPS) is 6.76. The van der Waals surface area contributed by atoms with Gasteiger partial charge < -0.3 is 0 Å². The third-order valence-electron chi connectivity index (χ3n) is 1.47. The predicted molar refractivity (Wildman–Crippen MR) is 103 cm³/mol. The molecular formula is C15H30I2. The fourth-order valence-electron chi connectivity index (χ4n) is 0.838. The summed E-state index contributed by atoms with van der Waals surface area (Å²) in [5.74, 6) is 0.659. The maximum absolute atomic E-state index is 2.20. The van der Waals surface area contributed by atoms with Gasteiger partial charge in [-0.15, -0.1) is 0 Å². The first-order chi connectivity index (χ1) is 8.30. The van der Waals surface area contributed by atoms with E-state index in [1.54, 1.807) is 0 Å². The molecule has 0 nitrogen and oxygen atoms in total. The van der Waals surface area contributed by atoms with Gasteiger partial charge in [0.15, 0.2) is 0 Å². The summed E-state index contributed by atoms with van der Waals surface area (Å²) in [5, 5.41) is 0. The second-order valence-electron chi connectivity index (χ2n) is 2.57. The number of rotatable bonds is 1. The second kappa shape index (κ2) is 30.1. The van der Waals surface area contributed by atoms with Crippen LogP contribution in [0.2, 0.25) is 0 Å². The van der Waals surface area contributed by atoms with Crippen LogP contribution < -0.4 is 0 Å². The highest BCUT2D eigenvalue weighted by Crippen LogP contribution is 2.11. The molecule has 0 N–H and O–H groups in total. The van der Waals surface area contributed by atoms with Gasteiger partial charge in [0.2, 0.25) is 0 Å². The minimum Gasteiger partial charge on any atom is -0.0683 e. The number of hydrogen-bond acceptors (Lipinski definition) is 0. The lowest BCUT2D eigenvalue weighted by Gasteiger charge is -2.01. The van der Waals surface area contributed by atoms with Crippen LogP contribution in [0.4, 0.5) is 0 Å². The van der Waals surface area contributed by atoms with Crippen molar-refractivity contribution in [1.29, 1.82) is 0 Å². The van der Waals surface area contributed by atoms with Gasteiger partial charge in [0.25, 0.3) is 0 Å². The molecule has 0 atom stereocenters. The van der Waals surface area contributed by atoms with E-state index in [0.29, 0.717) is 5.92 Å². The first-order valence-corrected chi connectivity index (χ1v) is 12.8. The highest BCUT2D eigenvalue weighted by atomic mass is 128. The zero-order valence-corrected chi connectivity index (χ0v) is 17.0. The molecule has 0 aliphatic rings. The van der Waals surface area contributed by atoms with Crippen LogP contribution in [-0.2, 0) is 0 Å². The second-order valence-corrected chi connectivity index (χ2v) is 2.57. The molecule has 1 rings (SSSR count). The molecule has 1 aromatic rings. The third-order valence-corrected chi connectivity index (χ3v) is 1.47. The zero-order chi connectivity index (χ0) is 14.7. The molecule has 0 saturated heterocycles. The molecule has 0 aromatic heterocycles. The largest absolute Gasteiger partial charge is 0.0683 e. The summed E-state index contributed by atoms with van der Waals surface area (Å²) >= 11 is 4.24. The molecule has 0 aliphatic heterocycles. The lowest BCUT2D eigenvalue weighted by atomic mass is 10.0. The first-order valence-electron chi connectivity index (χ1n) is 6.50. The quantitative estimate of drug-likeness (QED) is 0.375. The number of benzene rings is 1. The molecule has 0 fully saturated rings. The molecule has 0 amide bonds. The van der Waals surface area contributed by atoms with Crippen LogP contribution in [0.1, 0.15) is 66.9 Å². The van der Waals surface area contributed by atoms with Gasteiger partial charge in [-0.1, -0.05) is 85.7 Å². The van der Waals surface area contributed by atoms with Gasteiger partial charge in [-0.2, -0.15) is 0 Å². The summed E-state index contributed by atoms with van der Waals surface area (Å²) in [6.07, 6.45) is 0. The standard InChI is InChI=1S/C9H12.3C2H6.I2/c1-8(2)9-6-4-3-5-7-9;4*1-2/h3-8H,1-2H3;3*1-2H3;. The van der Waals surface area contributed by atoms with Crippen molar-refractivity contribution in [2.24, 2.45) is 0 Å². The van der Waals surface area contributed by atoms with Crippen molar-refractivity contribution in [1.82, 2.24) is 0 Å². The summed E-state index contributed by atoms with van der Waals surface area (Å²) in [7, 11) is 0. The van der Waals surface area contributed by atoms with Crippen LogP contribution in [0.5, 0.6) is 0 Å². The Morgan fingerprint density at radius 2 is 1.00 bits per heavy atom. The van der Waals surface area contributed by atoms with Crippen LogP contribution in [0.3, 0.4) is 0 Å². The van der Waals surface area contributed by atoms with E-state index in [-0.39, 0.29) is 0 Å². The molecule has 1 aromatic carbocycles. The number of hydrogen-bond donors (Lipinski definition) is 0. The Morgan fingerprint density at radius 1 is 0.706 bits per heavy atom. The highest BCUT2D eigenvalue weighted by molar-refractivity contribution is 15.0. The first kappa shape index (κ1) is 26.3. The van der Waals surface area contributed by atoms with Crippen molar-refractivity contribution in [3.8, 4) is 0 Å². The van der Waals surface area contributed by atoms with Gasteiger partial charge in [0.1, 0.15) is 0 Å². The predicted octanol–water partition coefficient (Wildman–Crippen LogP) is 7.66. The SMILES string of the molecule is CC.CC.CC.CC(C)c1ccccc1.II. The molecule has 0 spiro atoms. The fourth-order valence-corrected chi connectivity index (χ4v) is 0.838. The molecule has 17 heavy (non-hydrogen) atoms. The summed E-state index contributed by atoms with van der Waals surface area (Å²) < 4.78 is 0. The Balaban J connectivity index is -0.0000000905. The van der Waals surface area contributed by atoms with E-state index in [0.717, 1.165) is 0 Å². The summed E-state index contributed by atoms with van der Waals surface area (Å²) in [6, 6.07) is 10.5. The highest BCUT2D eigenvalue weighted by Gasteiger charge is 1.93. The van der Waals surface area contributed by atoms with Crippen molar-refractivity contribution in [3.63, 3.8) is 0 Å². The van der Waals surface area contributed by atoms with E-state index in [2.05, 4.69) is 75.3 Å². The molecule has 0 unspecified atom stereocenters. The maximum Gasteiger partial charge on any atom is 0 e. The average Bonchev–Trinajstić information content (AvgIpc) is 2.48. The van der Waals surface area contributed by atoms with Crippen LogP contribution in [-0.4, -0.2) is 0 Å². The van der Waals surface area contributed by atoms with Crippen LogP contribution in [0.15, 0.2) is 30.3 Å². The van der Waals surface area contributed by atoms with Gasteiger partial charge in [-0.25, -0.2) is 0 Å². The van der Waals surface area contributed by atoms with Gasteiger partial charge in [-0.05, 0) is 11.5 Å². The Bertz CT molecular complexity index is 172. The van der Waals surface area contributed by atoms with Crippen molar-refractivity contribution < 1.29 is 0 Å². The molecule has 0 aliphatic carbocycles. The van der Waals surface area contributed by atoms with E-state index in [1.165, 1.54) is 5.56 Å². The Kier molecular flexibility index (Phi) is 46.5. The van der Waals surface area contributed by atoms with E-state index >= 15 is 0 Å². The Labute approximate surface area is 133 Å². The minimum atomic E-state index is 0.659. The Morgan fingerprint density at radius 3 is 1.18 bits per heavy atom. The third kappa shape index (κ3) is 22.4. The summed E-state index contributed by atoms with van der Waals surface area (Å²) in [5.41, 5.74) is 1.41. The average molecular weight is 464 g/mol. The molecule has 0 bridgehead atoms. The maximum atomic E-state index is 2.20. The van der Waals surface area contributed by atoms with Crippen molar-refractivity contribution in [3.05, 3.63) is 35.9 Å². The van der Waals surface area contributed by atoms with E-state index in [1.807, 2.05) is 47.6 Å². The van der Waals surface area contributed by atoms with Crippen LogP contribution in [0, 0.1) is 0 Å². The van der Waals surface area contributed by atoms with E-state index in [9.17, 15) is 0 Å². The van der Waals surface area contributed by atoms with Gasteiger partial charge in [0.05, 0.1) is 0 Å². The molecular weight excluding hydrogens is 434 g/mol. The molecule has 0 heterocycles. The van der Waals surface area contributed by atoms with Crippen molar-refractivity contribution in [2.75, 3.05) is 0 Å². The lowest BCUT2D eigenvalue weighted by molar-refractivity contribution is 0.867. The summed E-state index contributed by atoms with van der Waals surface area (Å²) in [4.78, 5) is 0. The molecule has 2 heteroatoms. The summed E-state index contributed by atoms with van der Waals surface area (Å²) in [6.45, 7) is 16.4. The Hall–Kier alpha value is 0.680. The van der Waals surface area contributed by atoms with E-state index in [4.69, 9.17) is 0 Å². The van der Waals surface area contributed by atoms with Gasteiger partial charge >= 0.3 is 0 Å². The smallest absolute Gasteiger partial charge is 0 e. The van der Waals surface area contributed by atoms with Crippen molar-refractivity contribution in [2.45, 2.75) is 61.3 Å². The zero-order valence-electron chi connectivity index (χ0n) is 12.7. The van der Waals surface area contributed by atoms with Crippen LogP contribution >= 0.6 is 37.2 Å². The molecule has 0 radical (unpaired) electrons. The topological polar surface area (TPSA) is 0 Å². The lowest BCUT2D eigenvalue weighted by Crippen LogP contribution is -1.83. The minimum absolute atomic E-state index is 0.659. The molecule has 104 valence electrons. The monoisotopic (exact) mass is 464 g/mol. The van der Waals surface area contributed by atoms with Gasteiger partial charge in [-0.3, -0.25) is 0 Å². The fraction of sp³-hybridized carbons (Fsp3) is 0.600. The van der Waals surface area contributed by atoms with E-state index < -0.39 is 0 Å². The number of halogens is 2. The molecule has 0 saturated carbocycles.